The highest BCUT2D eigenvalue weighted by molar-refractivity contribution is 8.00. The first kappa shape index (κ1) is 23.2. The highest BCUT2D eigenvalue weighted by Gasteiger charge is 2.22. The molecule has 10 heteroatoms. The zero-order valence-electron chi connectivity index (χ0n) is 19.7. The Labute approximate surface area is 206 Å². The van der Waals surface area contributed by atoms with E-state index in [1.165, 1.54) is 11.8 Å². The van der Waals surface area contributed by atoms with Gasteiger partial charge in [-0.1, -0.05) is 43.7 Å². The van der Waals surface area contributed by atoms with Crippen LogP contribution in [-0.4, -0.2) is 43.5 Å². The Bertz CT molecular complexity index is 1450. The fourth-order valence-electron chi connectivity index (χ4n) is 4.11. The number of rotatable bonds is 8. The molecule has 1 unspecified atom stereocenters. The van der Waals surface area contributed by atoms with E-state index in [1.54, 1.807) is 22.8 Å². The fourth-order valence-corrected chi connectivity index (χ4v) is 4.96. The second-order valence-corrected chi connectivity index (χ2v) is 9.71. The summed E-state index contributed by atoms with van der Waals surface area (Å²) in [6.45, 7) is 5.51. The third-order valence-electron chi connectivity index (χ3n) is 5.92. The highest BCUT2D eigenvalue weighted by atomic mass is 32.2. The summed E-state index contributed by atoms with van der Waals surface area (Å²) < 4.78 is 14.7. The van der Waals surface area contributed by atoms with E-state index in [0.717, 1.165) is 24.8 Å². The number of hydrogen-bond donors (Lipinski definition) is 1. The van der Waals surface area contributed by atoms with E-state index in [1.807, 2.05) is 35.6 Å². The number of carbonyl (C=O) groups is 1. The van der Waals surface area contributed by atoms with Gasteiger partial charge in [-0.3, -0.25) is 18.6 Å². The number of carbonyl (C=O) groups excluding carboxylic acids is 1. The number of amides is 1. The van der Waals surface area contributed by atoms with Crippen molar-refractivity contribution in [3.8, 4) is 11.5 Å². The molecule has 0 saturated heterocycles. The number of anilines is 1. The second kappa shape index (κ2) is 9.99. The number of fused-ring (bicyclic) bond motifs is 4. The van der Waals surface area contributed by atoms with Crippen molar-refractivity contribution in [1.82, 2.24) is 19.2 Å². The molecule has 3 heterocycles. The van der Waals surface area contributed by atoms with Crippen molar-refractivity contribution in [2.75, 3.05) is 18.5 Å². The summed E-state index contributed by atoms with van der Waals surface area (Å²) in [5.41, 5.74) is 1.29. The lowest BCUT2D eigenvalue weighted by atomic mass is 10.2. The van der Waals surface area contributed by atoms with Gasteiger partial charge in [0.05, 0.1) is 16.2 Å². The molecule has 5 rings (SSSR count). The summed E-state index contributed by atoms with van der Waals surface area (Å²) in [5.74, 6) is 1.60. The van der Waals surface area contributed by atoms with E-state index < -0.39 is 5.25 Å². The largest absolute Gasteiger partial charge is 0.486 e. The minimum absolute atomic E-state index is 0.0717. The van der Waals surface area contributed by atoms with Gasteiger partial charge >= 0.3 is 0 Å². The van der Waals surface area contributed by atoms with Crippen LogP contribution in [0, 0.1) is 0 Å². The van der Waals surface area contributed by atoms with Gasteiger partial charge < -0.3 is 14.8 Å². The number of aromatic nitrogens is 4. The van der Waals surface area contributed by atoms with Crippen LogP contribution in [0.2, 0.25) is 0 Å². The Morgan fingerprint density at radius 2 is 1.91 bits per heavy atom. The van der Waals surface area contributed by atoms with Gasteiger partial charge in [0, 0.05) is 18.3 Å². The van der Waals surface area contributed by atoms with Crippen LogP contribution in [0.15, 0.2) is 52.4 Å². The number of hydrogen-bond acceptors (Lipinski definition) is 7. The van der Waals surface area contributed by atoms with Crippen LogP contribution in [0.5, 0.6) is 11.5 Å². The predicted molar refractivity (Wildman–Crippen MR) is 136 cm³/mol. The Morgan fingerprint density at radius 1 is 1.11 bits per heavy atom. The SMILES string of the molecule is CCCCCn1c(=O)c2ccccc2n2c(SC(C)C(=O)Nc3ccc4c(c3)OCCO4)nnc12. The average Bonchev–Trinajstić information content (AvgIpc) is 3.29. The molecule has 1 N–H and O–H groups in total. The Balaban J connectivity index is 1.43. The van der Waals surface area contributed by atoms with Gasteiger partial charge in [0.2, 0.25) is 11.7 Å². The minimum Gasteiger partial charge on any atom is -0.486 e. The molecule has 1 atom stereocenters. The molecule has 1 aliphatic heterocycles. The van der Waals surface area contributed by atoms with E-state index in [0.29, 0.717) is 53.3 Å². The van der Waals surface area contributed by atoms with Gasteiger partial charge in [-0.05, 0) is 37.6 Å². The first-order valence-electron chi connectivity index (χ1n) is 11.8. The van der Waals surface area contributed by atoms with Crippen molar-refractivity contribution in [2.45, 2.75) is 50.1 Å². The quantitative estimate of drug-likeness (QED) is 0.291. The number of nitrogens with zero attached hydrogens (tertiary/aromatic N) is 4. The molecule has 0 fully saturated rings. The fraction of sp³-hybridized carbons (Fsp3) is 0.360. The molecule has 1 amide bonds. The number of aryl methyl sites for hydroxylation is 1. The lowest BCUT2D eigenvalue weighted by Crippen LogP contribution is -2.24. The van der Waals surface area contributed by atoms with Crippen LogP contribution in [0.1, 0.15) is 33.1 Å². The van der Waals surface area contributed by atoms with E-state index in [4.69, 9.17) is 9.47 Å². The van der Waals surface area contributed by atoms with Gasteiger partial charge in [0.1, 0.15) is 13.2 Å². The molecule has 35 heavy (non-hydrogen) atoms. The number of benzene rings is 2. The van der Waals surface area contributed by atoms with Crippen molar-refractivity contribution in [1.29, 1.82) is 0 Å². The first-order valence-corrected chi connectivity index (χ1v) is 12.7. The normalized spacial score (nSPS) is 13.8. The van der Waals surface area contributed by atoms with Gasteiger partial charge in [0.25, 0.3) is 5.56 Å². The van der Waals surface area contributed by atoms with Crippen LogP contribution < -0.4 is 20.3 Å². The molecule has 9 nitrogen and oxygen atoms in total. The zero-order valence-corrected chi connectivity index (χ0v) is 20.5. The van der Waals surface area contributed by atoms with Crippen molar-refractivity contribution in [2.24, 2.45) is 0 Å². The van der Waals surface area contributed by atoms with Gasteiger partial charge in [-0.15, -0.1) is 10.2 Å². The smallest absolute Gasteiger partial charge is 0.262 e. The highest BCUT2D eigenvalue weighted by Crippen LogP contribution is 2.33. The minimum atomic E-state index is -0.463. The maximum Gasteiger partial charge on any atom is 0.262 e. The molecule has 2 aromatic heterocycles. The summed E-state index contributed by atoms with van der Waals surface area (Å²) in [5, 5.41) is 12.3. The molecule has 182 valence electrons. The maximum atomic E-state index is 13.2. The third-order valence-corrected chi connectivity index (χ3v) is 6.97. The molecule has 0 radical (unpaired) electrons. The molecular formula is C25H27N5O4S. The maximum absolute atomic E-state index is 13.2. The van der Waals surface area contributed by atoms with Crippen LogP contribution >= 0.6 is 11.8 Å². The second-order valence-electron chi connectivity index (χ2n) is 8.41. The van der Waals surface area contributed by atoms with E-state index >= 15 is 0 Å². The standard InChI is InChI=1S/C25H27N5O4S/c1-3-4-7-12-29-23(32)18-8-5-6-9-19(18)30-24(29)27-28-25(30)35-16(2)22(31)26-17-10-11-20-21(15-17)34-14-13-33-20/h5-6,8-11,15-16H,3-4,7,12-14H2,1-2H3,(H,26,31). The molecular weight excluding hydrogens is 466 g/mol. The van der Waals surface area contributed by atoms with Crippen molar-refractivity contribution >= 4 is 40.0 Å². The number of para-hydroxylation sites is 1. The monoisotopic (exact) mass is 493 g/mol. The van der Waals surface area contributed by atoms with E-state index in [9.17, 15) is 9.59 Å². The van der Waals surface area contributed by atoms with Gasteiger partial charge in [-0.25, -0.2) is 0 Å². The molecule has 0 saturated carbocycles. The molecule has 4 aromatic rings. The summed E-state index contributed by atoms with van der Waals surface area (Å²) >= 11 is 1.30. The molecule has 0 spiro atoms. The summed E-state index contributed by atoms with van der Waals surface area (Å²) in [4.78, 5) is 26.2. The van der Waals surface area contributed by atoms with Crippen LogP contribution in [0.25, 0.3) is 16.7 Å². The Morgan fingerprint density at radius 3 is 2.74 bits per heavy atom. The van der Waals surface area contributed by atoms with Crippen LogP contribution in [0.3, 0.4) is 0 Å². The lowest BCUT2D eigenvalue weighted by Gasteiger charge is -2.19. The summed E-state index contributed by atoms with van der Waals surface area (Å²) in [7, 11) is 0. The van der Waals surface area contributed by atoms with E-state index in [-0.39, 0.29) is 11.5 Å². The number of unbranched alkanes of at least 4 members (excludes halogenated alkanes) is 2. The van der Waals surface area contributed by atoms with E-state index in [2.05, 4.69) is 22.4 Å². The van der Waals surface area contributed by atoms with Gasteiger partial charge in [-0.2, -0.15) is 0 Å². The zero-order chi connectivity index (χ0) is 24.4. The predicted octanol–water partition coefficient (Wildman–Crippen LogP) is 4.12. The lowest BCUT2D eigenvalue weighted by molar-refractivity contribution is -0.115. The molecule has 2 aromatic carbocycles. The molecule has 0 aliphatic carbocycles. The van der Waals surface area contributed by atoms with Crippen LogP contribution in [0.4, 0.5) is 5.69 Å². The Hall–Kier alpha value is -3.53. The first-order chi connectivity index (χ1) is 17.1. The summed E-state index contributed by atoms with van der Waals surface area (Å²) in [6, 6.07) is 12.8. The Kier molecular flexibility index (Phi) is 6.63. The molecule has 0 bridgehead atoms. The van der Waals surface area contributed by atoms with Crippen molar-refractivity contribution in [3.63, 3.8) is 0 Å². The van der Waals surface area contributed by atoms with Crippen LogP contribution in [-0.2, 0) is 11.3 Å². The number of nitrogens with one attached hydrogen (secondary N) is 1. The summed E-state index contributed by atoms with van der Waals surface area (Å²) in [6.07, 6.45) is 2.97. The average molecular weight is 494 g/mol. The third kappa shape index (κ3) is 4.58. The molecule has 1 aliphatic rings. The van der Waals surface area contributed by atoms with Gasteiger partial charge in [0.15, 0.2) is 16.7 Å². The number of ether oxygens (including phenoxy) is 2. The van der Waals surface area contributed by atoms with Crippen molar-refractivity contribution in [3.05, 3.63) is 52.8 Å². The number of thioether (sulfide) groups is 1. The van der Waals surface area contributed by atoms with Crippen molar-refractivity contribution < 1.29 is 14.3 Å². The topological polar surface area (TPSA) is 99.8 Å².